The lowest BCUT2D eigenvalue weighted by Gasteiger charge is -2.13. The van der Waals surface area contributed by atoms with Gasteiger partial charge in [0.25, 0.3) is 0 Å². The molecule has 1 fully saturated rings. The van der Waals surface area contributed by atoms with Crippen LogP contribution < -0.4 is 10.6 Å². The molecular weight excluding hydrogens is 232 g/mol. The fourth-order valence-electron chi connectivity index (χ4n) is 1.56. The van der Waals surface area contributed by atoms with Crippen molar-refractivity contribution in [1.29, 1.82) is 0 Å². The van der Waals surface area contributed by atoms with Crippen LogP contribution in [0, 0.1) is 11.8 Å². The van der Waals surface area contributed by atoms with Crippen molar-refractivity contribution in [1.82, 2.24) is 10.6 Å². The van der Waals surface area contributed by atoms with E-state index in [1.165, 1.54) is 7.11 Å². The Balaban J connectivity index is 0.00000225. The molecule has 0 spiro atoms. The Morgan fingerprint density at radius 1 is 1.56 bits per heavy atom. The Labute approximate surface area is 102 Å². The monoisotopic (exact) mass is 250 g/mol. The molecule has 0 radical (unpaired) electrons. The van der Waals surface area contributed by atoms with Gasteiger partial charge in [0.2, 0.25) is 5.91 Å². The summed E-state index contributed by atoms with van der Waals surface area (Å²) in [5.74, 6) is -0.501. The molecule has 0 aromatic rings. The molecule has 1 amide bonds. The standard InChI is InChI=1S/C10H18N2O3.ClH/c1-7(10(14)15-2)5-12-9(13)8-3-4-11-6-8;/h7-8,11H,3-6H2,1-2H3,(H,12,13);1H. The van der Waals surface area contributed by atoms with Crippen molar-refractivity contribution in [2.45, 2.75) is 13.3 Å². The molecule has 6 heteroatoms. The minimum Gasteiger partial charge on any atom is -0.469 e. The van der Waals surface area contributed by atoms with Crippen LogP contribution in [0.15, 0.2) is 0 Å². The summed E-state index contributed by atoms with van der Waals surface area (Å²) in [4.78, 5) is 22.6. The predicted octanol–water partition coefficient (Wildman–Crippen LogP) is -0.0570. The number of amides is 1. The molecule has 16 heavy (non-hydrogen) atoms. The SMILES string of the molecule is COC(=O)C(C)CNC(=O)C1CCNC1.Cl. The van der Waals surface area contributed by atoms with Crippen LogP contribution in [0.3, 0.4) is 0 Å². The molecule has 2 unspecified atom stereocenters. The summed E-state index contributed by atoms with van der Waals surface area (Å²) in [7, 11) is 1.35. The molecule has 0 aromatic carbocycles. The first kappa shape index (κ1) is 15.2. The molecule has 0 aliphatic carbocycles. The van der Waals surface area contributed by atoms with Gasteiger partial charge in [0.15, 0.2) is 0 Å². The largest absolute Gasteiger partial charge is 0.469 e. The molecule has 0 saturated carbocycles. The van der Waals surface area contributed by atoms with Crippen molar-refractivity contribution in [3.63, 3.8) is 0 Å². The third-order valence-electron chi connectivity index (χ3n) is 2.62. The fourth-order valence-corrected chi connectivity index (χ4v) is 1.56. The summed E-state index contributed by atoms with van der Waals surface area (Å²) in [5.41, 5.74) is 0. The Morgan fingerprint density at radius 3 is 2.75 bits per heavy atom. The van der Waals surface area contributed by atoms with Crippen LogP contribution in [0.4, 0.5) is 0 Å². The molecule has 5 nitrogen and oxygen atoms in total. The van der Waals surface area contributed by atoms with E-state index in [4.69, 9.17) is 0 Å². The highest BCUT2D eigenvalue weighted by molar-refractivity contribution is 5.85. The molecule has 1 saturated heterocycles. The van der Waals surface area contributed by atoms with E-state index in [9.17, 15) is 9.59 Å². The third kappa shape index (κ3) is 4.37. The Kier molecular flexibility index (Phi) is 7.08. The second kappa shape index (κ2) is 7.46. The van der Waals surface area contributed by atoms with Crippen LogP contribution in [0.25, 0.3) is 0 Å². The van der Waals surface area contributed by atoms with Crippen LogP contribution in [0.2, 0.25) is 0 Å². The van der Waals surface area contributed by atoms with E-state index < -0.39 is 0 Å². The zero-order valence-corrected chi connectivity index (χ0v) is 10.4. The van der Waals surface area contributed by atoms with Crippen molar-refractivity contribution in [3.8, 4) is 0 Å². The van der Waals surface area contributed by atoms with Gasteiger partial charge in [-0.2, -0.15) is 0 Å². The lowest BCUT2D eigenvalue weighted by atomic mass is 10.1. The molecule has 1 aliphatic heterocycles. The summed E-state index contributed by atoms with van der Waals surface area (Å²) >= 11 is 0. The minimum absolute atomic E-state index is 0. The van der Waals surface area contributed by atoms with Crippen molar-refractivity contribution >= 4 is 24.3 Å². The predicted molar refractivity (Wildman–Crippen MR) is 62.4 cm³/mol. The van der Waals surface area contributed by atoms with Gasteiger partial charge in [-0.05, 0) is 13.0 Å². The van der Waals surface area contributed by atoms with Crippen molar-refractivity contribution in [2.24, 2.45) is 11.8 Å². The number of carbonyl (C=O) groups is 2. The summed E-state index contributed by atoms with van der Waals surface area (Å²) in [6.45, 7) is 3.71. The highest BCUT2D eigenvalue weighted by Gasteiger charge is 2.23. The van der Waals surface area contributed by atoms with Crippen LogP contribution in [0.5, 0.6) is 0 Å². The van der Waals surface area contributed by atoms with Gasteiger partial charge in [0.05, 0.1) is 18.9 Å². The van der Waals surface area contributed by atoms with E-state index in [0.717, 1.165) is 19.5 Å². The maximum Gasteiger partial charge on any atom is 0.310 e. The minimum atomic E-state index is -0.292. The van der Waals surface area contributed by atoms with Crippen molar-refractivity contribution in [3.05, 3.63) is 0 Å². The molecule has 1 aliphatic rings. The zero-order chi connectivity index (χ0) is 11.3. The Hall–Kier alpha value is -0.810. The summed E-state index contributed by atoms with van der Waals surface area (Å²) < 4.78 is 4.57. The number of halogens is 1. The number of methoxy groups -OCH3 is 1. The quantitative estimate of drug-likeness (QED) is 0.687. The highest BCUT2D eigenvalue weighted by atomic mass is 35.5. The van der Waals surface area contributed by atoms with Gasteiger partial charge >= 0.3 is 5.97 Å². The van der Waals surface area contributed by atoms with Crippen LogP contribution in [0.1, 0.15) is 13.3 Å². The smallest absolute Gasteiger partial charge is 0.310 e. The average molecular weight is 251 g/mol. The maximum absolute atomic E-state index is 11.6. The normalized spacial score (nSPS) is 20.8. The number of rotatable bonds is 4. The topological polar surface area (TPSA) is 67.4 Å². The molecule has 0 bridgehead atoms. The first-order valence-corrected chi connectivity index (χ1v) is 5.21. The van der Waals surface area contributed by atoms with Crippen LogP contribution in [-0.4, -0.2) is 38.6 Å². The van der Waals surface area contributed by atoms with E-state index >= 15 is 0 Å². The molecule has 2 atom stereocenters. The Morgan fingerprint density at radius 2 is 2.25 bits per heavy atom. The first-order chi connectivity index (χ1) is 7.15. The summed E-state index contributed by atoms with van der Waals surface area (Å²) in [6.07, 6.45) is 0.873. The van der Waals surface area contributed by atoms with Crippen molar-refractivity contribution < 1.29 is 14.3 Å². The van der Waals surface area contributed by atoms with E-state index in [-0.39, 0.29) is 36.1 Å². The van der Waals surface area contributed by atoms with E-state index in [1.54, 1.807) is 6.92 Å². The molecular formula is C10H19ClN2O3. The van der Waals surface area contributed by atoms with Gasteiger partial charge in [-0.15, -0.1) is 12.4 Å². The first-order valence-electron chi connectivity index (χ1n) is 5.21. The van der Waals surface area contributed by atoms with Gasteiger partial charge < -0.3 is 15.4 Å². The van der Waals surface area contributed by atoms with Crippen LogP contribution in [-0.2, 0) is 14.3 Å². The third-order valence-corrected chi connectivity index (χ3v) is 2.62. The fraction of sp³-hybridized carbons (Fsp3) is 0.800. The number of esters is 1. The molecule has 1 heterocycles. The number of nitrogens with one attached hydrogen (secondary N) is 2. The van der Waals surface area contributed by atoms with E-state index in [0.29, 0.717) is 6.54 Å². The molecule has 2 N–H and O–H groups in total. The molecule has 1 rings (SSSR count). The summed E-state index contributed by atoms with van der Waals surface area (Å²) in [5, 5.41) is 5.88. The number of ether oxygens (including phenoxy) is 1. The molecule has 94 valence electrons. The van der Waals surface area contributed by atoms with Gasteiger partial charge in [-0.25, -0.2) is 0 Å². The van der Waals surface area contributed by atoms with Gasteiger partial charge in [-0.1, -0.05) is 6.92 Å². The average Bonchev–Trinajstić information content (AvgIpc) is 2.77. The highest BCUT2D eigenvalue weighted by Crippen LogP contribution is 2.07. The van der Waals surface area contributed by atoms with E-state index in [2.05, 4.69) is 15.4 Å². The lowest BCUT2D eigenvalue weighted by Crippen LogP contribution is -2.36. The van der Waals surface area contributed by atoms with Crippen molar-refractivity contribution in [2.75, 3.05) is 26.7 Å². The number of carbonyl (C=O) groups excluding carboxylic acids is 2. The molecule has 0 aromatic heterocycles. The maximum atomic E-state index is 11.6. The lowest BCUT2D eigenvalue weighted by molar-refractivity contribution is -0.144. The second-order valence-corrected chi connectivity index (χ2v) is 3.86. The van der Waals surface area contributed by atoms with Gasteiger partial charge in [-0.3, -0.25) is 9.59 Å². The van der Waals surface area contributed by atoms with Gasteiger partial charge in [0, 0.05) is 13.1 Å². The zero-order valence-electron chi connectivity index (χ0n) is 9.62. The second-order valence-electron chi connectivity index (χ2n) is 3.86. The number of hydrogen-bond acceptors (Lipinski definition) is 4. The number of hydrogen-bond donors (Lipinski definition) is 2. The Bertz CT molecular complexity index is 242. The van der Waals surface area contributed by atoms with Crippen LogP contribution >= 0.6 is 12.4 Å². The van der Waals surface area contributed by atoms with E-state index in [1.807, 2.05) is 0 Å². The van der Waals surface area contributed by atoms with Gasteiger partial charge in [0.1, 0.15) is 0 Å². The summed E-state index contributed by atoms with van der Waals surface area (Å²) in [6, 6.07) is 0.